The Bertz CT molecular complexity index is 1110. The van der Waals surface area contributed by atoms with Crippen LogP contribution in [0.2, 0.25) is 0 Å². The molecule has 4 aromatic rings. The molecule has 0 saturated carbocycles. The molecule has 0 amide bonds. The lowest BCUT2D eigenvalue weighted by Gasteiger charge is -2.13. The molecule has 0 radical (unpaired) electrons. The van der Waals surface area contributed by atoms with Crippen LogP contribution in [0.15, 0.2) is 79.1 Å². The Hall–Kier alpha value is -3.31. The molecule has 2 heterocycles. The molecule has 5 heteroatoms. The maximum absolute atomic E-state index is 13.6. The summed E-state index contributed by atoms with van der Waals surface area (Å²) in [7, 11) is 0. The van der Waals surface area contributed by atoms with Gasteiger partial charge in [0, 0.05) is 43.1 Å². The molecule has 0 fully saturated rings. The number of aryl methyl sites for hydroxylation is 2. The minimum atomic E-state index is -0.260. The van der Waals surface area contributed by atoms with Crippen LogP contribution < -0.4 is 0 Å². The first-order chi connectivity index (χ1) is 15.8. The first kappa shape index (κ1) is 21.9. The van der Waals surface area contributed by atoms with E-state index in [2.05, 4.69) is 33.8 Å². The quantitative estimate of drug-likeness (QED) is 0.329. The van der Waals surface area contributed by atoms with E-state index >= 15 is 0 Å². The van der Waals surface area contributed by atoms with E-state index < -0.39 is 0 Å². The van der Waals surface area contributed by atoms with Crippen molar-refractivity contribution in [2.75, 3.05) is 6.61 Å². The molecular weight excluding hydrogens is 401 g/mol. The summed E-state index contributed by atoms with van der Waals surface area (Å²) in [5.41, 5.74) is 5.14. The second-order valence-corrected chi connectivity index (χ2v) is 7.89. The molecule has 32 heavy (non-hydrogen) atoms. The van der Waals surface area contributed by atoms with E-state index in [1.54, 1.807) is 24.5 Å². The summed E-state index contributed by atoms with van der Waals surface area (Å²) < 4.78 is 15.9. The largest absolute Gasteiger partial charge is 0.396 e. The normalized spacial score (nSPS) is 11.1. The van der Waals surface area contributed by atoms with Gasteiger partial charge in [0.1, 0.15) is 11.6 Å². The van der Waals surface area contributed by atoms with Crippen LogP contribution in [0.3, 0.4) is 0 Å². The molecule has 0 aliphatic heterocycles. The number of pyridine rings is 1. The monoisotopic (exact) mass is 429 g/mol. The minimum Gasteiger partial charge on any atom is -0.396 e. The topological polar surface area (TPSA) is 50.9 Å². The molecule has 0 saturated heterocycles. The van der Waals surface area contributed by atoms with E-state index in [4.69, 9.17) is 4.98 Å². The number of imidazole rings is 1. The molecule has 1 N–H and O–H groups in total. The number of hydrogen-bond acceptors (Lipinski definition) is 3. The van der Waals surface area contributed by atoms with Crippen molar-refractivity contribution in [2.24, 2.45) is 0 Å². The summed E-state index contributed by atoms with van der Waals surface area (Å²) >= 11 is 0. The Kier molecular flexibility index (Phi) is 7.41. The van der Waals surface area contributed by atoms with E-state index in [0.717, 1.165) is 67.0 Å². The number of benzene rings is 2. The van der Waals surface area contributed by atoms with E-state index in [1.165, 1.54) is 17.7 Å². The van der Waals surface area contributed by atoms with Gasteiger partial charge in [-0.3, -0.25) is 4.98 Å². The van der Waals surface area contributed by atoms with Gasteiger partial charge in [-0.1, -0.05) is 30.3 Å². The summed E-state index contributed by atoms with van der Waals surface area (Å²) in [5.74, 6) is 0.738. The molecule has 0 spiro atoms. The fourth-order valence-electron chi connectivity index (χ4n) is 4.02. The molecule has 164 valence electrons. The fraction of sp³-hybridized carbons (Fsp3) is 0.259. The maximum Gasteiger partial charge on any atom is 0.123 e. The SMILES string of the molecule is OCCCCc1nc(-c2ccc(F)cc2)c(-c2ccncc2)n1CCCc1ccccc1. The Morgan fingerprint density at radius 1 is 0.781 bits per heavy atom. The van der Waals surface area contributed by atoms with Crippen molar-refractivity contribution in [1.29, 1.82) is 0 Å². The van der Waals surface area contributed by atoms with Crippen molar-refractivity contribution in [3.8, 4) is 22.5 Å². The van der Waals surface area contributed by atoms with E-state index in [9.17, 15) is 9.50 Å². The second-order valence-electron chi connectivity index (χ2n) is 7.89. The average molecular weight is 430 g/mol. The Morgan fingerprint density at radius 3 is 2.25 bits per heavy atom. The van der Waals surface area contributed by atoms with Crippen LogP contribution in [0.4, 0.5) is 4.39 Å². The zero-order chi connectivity index (χ0) is 22.2. The van der Waals surface area contributed by atoms with Crippen LogP contribution in [0, 0.1) is 5.82 Å². The van der Waals surface area contributed by atoms with Gasteiger partial charge in [0.05, 0.1) is 11.4 Å². The van der Waals surface area contributed by atoms with Crippen molar-refractivity contribution in [3.63, 3.8) is 0 Å². The molecule has 4 rings (SSSR count). The first-order valence-electron chi connectivity index (χ1n) is 11.2. The Morgan fingerprint density at radius 2 is 1.53 bits per heavy atom. The van der Waals surface area contributed by atoms with Crippen LogP contribution in [0.25, 0.3) is 22.5 Å². The van der Waals surface area contributed by atoms with Gasteiger partial charge in [-0.15, -0.1) is 0 Å². The predicted octanol–water partition coefficient (Wildman–Crippen LogP) is 5.70. The maximum atomic E-state index is 13.6. The number of aromatic nitrogens is 3. The molecule has 0 unspecified atom stereocenters. The van der Waals surface area contributed by atoms with Gasteiger partial charge in [-0.2, -0.15) is 0 Å². The molecule has 0 atom stereocenters. The standard InChI is InChI=1S/C27H28FN3O/c28-24-13-11-22(12-14-24)26-27(23-15-17-29-18-16-23)31(25(30-26)10-4-5-20-32)19-6-9-21-7-2-1-3-8-21/h1-3,7-8,11-18,32H,4-6,9-10,19-20H2. The lowest BCUT2D eigenvalue weighted by Crippen LogP contribution is -2.07. The van der Waals surface area contributed by atoms with Crippen LogP contribution in [-0.2, 0) is 19.4 Å². The highest BCUT2D eigenvalue weighted by Crippen LogP contribution is 2.33. The van der Waals surface area contributed by atoms with Crippen molar-refractivity contribution < 1.29 is 9.50 Å². The van der Waals surface area contributed by atoms with Crippen molar-refractivity contribution >= 4 is 0 Å². The summed E-state index contributed by atoms with van der Waals surface area (Å²) in [4.78, 5) is 9.20. The lowest BCUT2D eigenvalue weighted by atomic mass is 10.1. The van der Waals surface area contributed by atoms with Gasteiger partial charge < -0.3 is 9.67 Å². The zero-order valence-corrected chi connectivity index (χ0v) is 18.1. The predicted molar refractivity (Wildman–Crippen MR) is 126 cm³/mol. The Balaban J connectivity index is 1.73. The van der Waals surface area contributed by atoms with Crippen LogP contribution >= 0.6 is 0 Å². The summed E-state index contributed by atoms with van der Waals surface area (Å²) in [6.45, 7) is 1.01. The molecular formula is C27H28FN3O. The molecule has 2 aromatic heterocycles. The van der Waals surface area contributed by atoms with Crippen LogP contribution in [0.1, 0.15) is 30.7 Å². The van der Waals surface area contributed by atoms with Gasteiger partial charge >= 0.3 is 0 Å². The van der Waals surface area contributed by atoms with Crippen molar-refractivity contribution in [3.05, 3.63) is 96.3 Å². The van der Waals surface area contributed by atoms with Crippen molar-refractivity contribution in [1.82, 2.24) is 14.5 Å². The summed E-state index contributed by atoms with van der Waals surface area (Å²) in [5, 5.41) is 9.25. The van der Waals surface area contributed by atoms with Crippen molar-refractivity contribution in [2.45, 2.75) is 38.6 Å². The van der Waals surface area contributed by atoms with Crippen LogP contribution in [0.5, 0.6) is 0 Å². The van der Waals surface area contributed by atoms with Gasteiger partial charge in [0.15, 0.2) is 0 Å². The third-order valence-corrected chi connectivity index (χ3v) is 5.62. The van der Waals surface area contributed by atoms with E-state index in [1.807, 2.05) is 18.2 Å². The van der Waals surface area contributed by atoms with E-state index in [-0.39, 0.29) is 12.4 Å². The molecule has 2 aromatic carbocycles. The highest BCUT2D eigenvalue weighted by atomic mass is 19.1. The fourth-order valence-corrected chi connectivity index (χ4v) is 4.02. The molecule has 0 aliphatic carbocycles. The highest BCUT2D eigenvalue weighted by Gasteiger charge is 2.20. The third-order valence-electron chi connectivity index (χ3n) is 5.62. The van der Waals surface area contributed by atoms with E-state index in [0.29, 0.717) is 0 Å². The second kappa shape index (κ2) is 10.8. The third kappa shape index (κ3) is 5.29. The number of rotatable bonds is 10. The van der Waals surface area contributed by atoms with Gasteiger partial charge in [-0.05, 0) is 67.6 Å². The molecule has 0 bridgehead atoms. The number of hydrogen-bond donors (Lipinski definition) is 1. The minimum absolute atomic E-state index is 0.177. The number of aliphatic hydroxyl groups excluding tert-OH is 1. The zero-order valence-electron chi connectivity index (χ0n) is 18.1. The smallest absolute Gasteiger partial charge is 0.123 e. The molecule has 0 aliphatic rings. The summed E-state index contributed by atoms with van der Waals surface area (Å²) in [6.07, 6.45) is 7.93. The first-order valence-corrected chi connectivity index (χ1v) is 11.2. The number of nitrogens with zero attached hydrogens (tertiary/aromatic N) is 3. The number of aliphatic hydroxyl groups is 1. The highest BCUT2D eigenvalue weighted by molar-refractivity contribution is 5.79. The number of unbranched alkanes of at least 4 members (excludes halogenated alkanes) is 1. The van der Waals surface area contributed by atoms with Gasteiger partial charge in [0.25, 0.3) is 0 Å². The molecule has 4 nitrogen and oxygen atoms in total. The average Bonchev–Trinajstić information content (AvgIpc) is 3.19. The summed E-state index contributed by atoms with van der Waals surface area (Å²) in [6, 6.07) is 21.0. The number of halogens is 1. The van der Waals surface area contributed by atoms with Gasteiger partial charge in [-0.25, -0.2) is 9.37 Å². The van der Waals surface area contributed by atoms with Crippen LogP contribution in [-0.4, -0.2) is 26.2 Å². The Labute approximate surface area is 188 Å². The lowest BCUT2D eigenvalue weighted by molar-refractivity contribution is 0.284. The van der Waals surface area contributed by atoms with Gasteiger partial charge in [0.2, 0.25) is 0 Å².